The van der Waals surface area contributed by atoms with Crippen LogP contribution in [0.1, 0.15) is 71.6 Å². The van der Waals surface area contributed by atoms with Crippen LogP contribution in [0, 0.1) is 5.92 Å². The van der Waals surface area contributed by atoms with E-state index in [4.69, 9.17) is 5.73 Å². The van der Waals surface area contributed by atoms with E-state index in [1.807, 2.05) is 0 Å². The lowest BCUT2D eigenvalue weighted by Gasteiger charge is -2.51. The first-order valence-corrected chi connectivity index (χ1v) is 8.18. The largest absolute Gasteiger partial charge is 0.329 e. The molecule has 0 heterocycles. The molecule has 2 heteroatoms. The topological polar surface area (TPSA) is 29.3 Å². The summed E-state index contributed by atoms with van der Waals surface area (Å²) in [6.45, 7) is 6.79. The summed E-state index contributed by atoms with van der Waals surface area (Å²) < 4.78 is 0. The zero-order valence-electron chi connectivity index (χ0n) is 12.5. The van der Waals surface area contributed by atoms with E-state index in [1.165, 1.54) is 64.3 Å². The number of rotatable bonds is 4. The maximum atomic E-state index is 6.23. The number of likely N-dealkylation sites (N-methyl/N-ethyl adjacent to an activating group) is 1. The summed E-state index contributed by atoms with van der Waals surface area (Å²) >= 11 is 0. The summed E-state index contributed by atoms with van der Waals surface area (Å²) in [4.78, 5) is 2.80. The van der Waals surface area contributed by atoms with Crippen molar-refractivity contribution in [1.82, 2.24) is 4.90 Å². The van der Waals surface area contributed by atoms with Gasteiger partial charge >= 0.3 is 0 Å². The Morgan fingerprint density at radius 3 is 2.17 bits per heavy atom. The molecule has 0 atom stereocenters. The molecule has 0 aromatic rings. The molecule has 0 amide bonds. The van der Waals surface area contributed by atoms with Crippen LogP contribution in [0.2, 0.25) is 0 Å². The molecular formula is C16H32N2. The predicted octanol–water partition coefficient (Wildman–Crippen LogP) is 3.55. The average molecular weight is 252 g/mol. The van der Waals surface area contributed by atoms with Crippen molar-refractivity contribution in [2.75, 3.05) is 13.1 Å². The molecule has 0 spiro atoms. The van der Waals surface area contributed by atoms with Crippen LogP contribution in [0.3, 0.4) is 0 Å². The summed E-state index contributed by atoms with van der Waals surface area (Å²) in [6, 6.07) is 0.820. The lowest BCUT2D eigenvalue weighted by Crippen LogP contribution is -2.59. The van der Waals surface area contributed by atoms with E-state index in [-0.39, 0.29) is 0 Å². The number of nitrogens with two attached hydrogens (primary N) is 1. The van der Waals surface area contributed by atoms with Crippen molar-refractivity contribution in [2.24, 2.45) is 11.7 Å². The zero-order valence-corrected chi connectivity index (χ0v) is 12.5. The van der Waals surface area contributed by atoms with Gasteiger partial charge in [-0.3, -0.25) is 4.90 Å². The SMILES string of the molecule is CCN(C1CCCCC1)C1(CN)CCC(C)CC1. The first-order valence-electron chi connectivity index (χ1n) is 8.18. The van der Waals surface area contributed by atoms with E-state index in [9.17, 15) is 0 Å². The minimum Gasteiger partial charge on any atom is -0.329 e. The monoisotopic (exact) mass is 252 g/mol. The smallest absolute Gasteiger partial charge is 0.0334 e. The molecule has 0 bridgehead atoms. The normalized spacial score (nSPS) is 35.0. The third-order valence-electron chi connectivity index (χ3n) is 5.55. The molecule has 2 nitrogen and oxygen atoms in total. The van der Waals surface area contributed by atoms with Crippen molar-refractivity contribution in [3.63, 3.8) is 0 Å². The summed E-state index contributed by atoms with van der Waals surface area (Å²) in [6.07, 6.45) is 12.5. The van der Waals surface area contributed by atoms with E-state index in [0.717, 1.165) is 18.5 Å². The Bertz CT molecular complexity index is 237. The quantitative estimate of drug-likeness (QED) is 0.829. The number of hydrogen-bond acceptors (Lipinski definition) is 2. The van der Waals surface area contributed by atoms with Gasteiger partial charge in [0.05, 0.1) is 0 Å². The molecule has 0 aromatic heterocycles. The second-order valence-corrected chi connectivity index (χ2v) is 6.69. The summed E-state index contributed by atoms with van der Waals surface area (Å²) in [7, 11) is 0. The Labute approximate surface area is 113 Å². The van der Waals surface area contributed by atoms with E-state index < -0.39 is 0 Å². The van der Waals surface area contributed by atoms with Crippen molar-refractivity contribution < 1.29 is 0 Å². The Balaban J connectivity index is 2.07. The second-order valence-electron chi connectivity index (χ2n) is 6.69. The van der Waals surface area contributed by atoms with E-state index >= 15 is 0 Å². The van der Waals surface area contributed by atoms with Crippen molar-refractivity contribution >= 4 is 0 Å². The molecular weight excluding hydrogens is 220 g/mol. The highest BCUT2D eigenvalue weighted by Crippen LogP contribution is 2.39. The Morgan fingerprint density at radius 2 is 1.67 bits per heavy atom. The molecule has 0 aromatic carbocycles. The molecule has 18 heavy (non-hydrogen) atoms. The molecule has 2 aliphatic carbocycles. The second kappa shape index (κ2) is 6.38. The van der Waals surface area contributed by atoms with Gasteiger partial charge in [0.2, 0.25) is 0 Å². The third-order valence-corrected chi connectivity index (χ3v) is 5.55. The number of nitrogens with zero attached hydrogens (tertiary/aromatic N) is 1. The van der Waals surface area contributed by atoms with E-state index in [1.54, 1.807) is 0 Å². The lowest BCUT2D eigenvalue weighted by molar-refractivity contribution is 0.000787. The van der Waals surface area contributed by atoms with Crippen LogP contribution in [0.4, 0.5) is 0 Å². The highest BCUT2D eigenvalue weighted by Gasteiger charge is 2.40. The maximum Gasteiger partial charge on any atom is 0.0334 e. The Morgan fingerprint density at radius 1 is 1.06 bits per heavy atom. The van der Waals surface area contributed by atoms with Gasteiger partial charge in [0, 0.05) is 18.1 Å². The third kappa shape index (κ3) is 2.91. The Kier molecular flexibility index (Phi) is 5.08. The van der Waals surface area contributed by atoms with Crippen LogP contribution in [0.15, 0.2) is 0 Å². The highest BCUT2D eigenvalue weighted by atomic mass is 15.2. The lowest BCUT2D eigenvalue weighted by atomic mass is 9.74. The van der Waals surface area contributed by atoms with Gasteiger partial charge in [-0.15, -0.1) is 0 Å². The van der Waals surface area contributed by atoms with Crippen molar-refractivity contribution in [1.29, 1.82) is 0 Å². The van der Waals surface area contributed by atoms with Gasteiger partial charge in [0.1, 0.15) is 0 Å². The van der Waals surface area contributed by atoms with Crippen LogP contribution in [-0.2, 0) is 0 Å². The summed E-state index contributed by atoms with van der Waals surface area (Å²) in [5.74, 6) is 0.912. The van der Waals surface area contributed by atoms with Gasteiger partial charge < -0.3 is 5.73 Å². The van der Waals surface area contributed by atoms with Gasteiger partial charge in [-0.2, -0.15) is 0 Å². The fourth-order valence-electron chi connectivity index (χ4n) is 4.28. The maximum absolute atomic E-state index is 6.23. The summed E-state index contributed by atoms with van der Waals surface area (Å²) in [5, 5.41) is 0. The van der Waals surface area contributed by atoms with E-state index in [2.05, 4.69) is 18.7 Å². The van der Waals surface area contributed by atoms with Crippen LogP contribution in [0.25, 0.3) is 0 Å². The van der Waals surface area contributed by atoms with Crippen LogP contribution >= 0.6 is 0 Å². The average Bonchev–Trinajstić information content (AvgIpc) is 2.43. The molecule has 0 unspecified atom stereocenters. The van der Waals surface area contributed by atoms with Gasteiger partial charge in [-0.25, -0.2) is 0 Å². The molecule has 0 saturated heterocycles. The Hall–Kier alpha value is -0.0800. The van der Waals surface area contributed by atoms with Crippen molar-refractivity contribution in [3.8, 4) is 0 Å². The minimum atomic E-state index is 0.337. The van der Waals surface area contributed by atoms with Gasteiger partial charge in [0.25, 0.3) is 0 Å². The molecule has 2 aliphatic rings. The number of hydrogen-bond donors (Lipinski definition) is 1. The van der Waals surface area contributed by atoms with Crippen LogP contribution in [0.5, 0.6) is 0 Å². The summed E-state index contributed by atoms with van der Waals surface area (Å²) in [5.41, 5.74) is 6.56. The minimum absolute atomic E-state index is 0.337. The molecule has 0 aliphatic heterocycles. The van der Waals surface area contributed by atoms with Crippen LogP contribution < -0.4 is 5.73 Å². The molecule has 106 valence electrons. The fraction of sp³-hybridized carbons (Fsp3) is 1.00. The molecule has 2 saturated carbocycles. The molecule has 2 rings (SSSR count). The van der Waals surface area contributed by atoms with Gasteiger partial charge in [-0.1, -0.05) is 33.1 Å². The van der Waals surface area contributed by atoms with Crippen molar-refractivity contribution in [3.05, 3.63) is 0 Å². The molecule has 2 fully saturated rings. The predicted molar refractivity (Wildman–Crippen MR) is 78.7 cm³/mol. The zero-order chi connectivity index (χ0) is 13.0. The van der Waals surface area contributed by atoms with Crippen LogP contribution in [-0.4, -0.2) is 29.6 Å². The highest BCUT2D eigenvalue weighted by molar-refractivity contribution is 4.98. The first kappa shape index (κ1) is 14.3. The standard InChI is InChI=1S/C16H32N2/c1-3-18(15-7-5-4-6-8-15)16(13-17)11-9-14(2)10-12-16/h14-15H,3-13,17H2,1-2H3. The first-order chi connectivity index (χ1) is 8.72. The molecule has 0 radical (unpaired) electrons. The fourth-order valence-corrected chi connectivity index (χ4v) is 4.28. The van der Waals surface area contributed by atoms with Crippen molar-refractivity contribution in [2.45, 2.75) is 83.2 Å². The molecule has 2 N–H and O–H groups in total. The van der Waals surface area contributed by atoms with Gasteiger partial charge in [-0.05, 0) is 51.0 Å². The van der Waals surface area contributed by atoms with Gasteiger partial charge in [0.15, 0.2) is 0 Å². The van der Waals surface area contributed by atoms with E-state index in [0.29, 0.717) is 5.54 Å².